The zero-order valence-electron chi connectivity index (χ0n) is 13.1. The fourth-order valence-corrected chi connectivity index (χ4v) is 1.79. The number of hydrogen-bond acceptors (Lipinski definition) is 4. The van der Waals surface area contributed by atoms with Crippen LogP contribution in [0.15, 0.2) is 4.99 Å². The number of rotatable bonds is 9. The van der Waals surface area contributed by atoms with Gasteiger partial charge in [-0.15, -0.1) is 0 Å². The monoisotopic (exact) mass is 315 g/mol. The first kappa shape index (κ1) is 19.7. The van der Waals surface area contributed by atoms with E-state index in [1.54, 1.807) is 13.8 Å². The quantitative estimate of drug-likeness (QED) is 0.203. The molecule has 2 atom stereocenters. The number of aliphatic imine (C=N–C) groups is 1. The van der Waals surface area contributed by atoms with Crippen LogP contribution in [0.2, 0.25) is 0 Å². The highest BCUT2D eigenvalue weighted by molar-refractivity contribution is 5.90. The van der Waals surface area contributed by atoms with E-state index in [2.05, 4.69) is 15.6 Å². The second kappa shape index (κ2) is 9.59. The van der Waals surface area contributed by atoms with Crippen LogP contribution in [0.1, 0.15) is 33.6 Å². The van der Waals surface area contributed by atoms with Gasteiger partial charge in [0, 0.05) is 13.5 Å². The molecule has 0 radical (unpaired) electrons. The fourth-order valence-electron chi connectivity index (χ4n) is 1.79. The summed E-state index contributed by atoms with van der Waals surface area (Å²) in [7, 11) is 0. The normalized spacial score (nSPS) is 13.1. The minimum Gasteiger partial charge on any atom is -0.480 e. The summed E-state index contributed by atoms with van der Waals surface area (Å²) in [6.45, 7) is 4.97. The fraction of sp³-hybridized carbons (Fsp3) is 0.692. The minimum absolute atomic E-state index is 0.0497. The molecule has 126 valence electrons. The van der Waals surface area contributed by atoms with E-state index in [0.717, 1.165) is 0 Å². The van der Waals surface area contributed by atoms with Gasteiger partial charge in [-0.25, -0.2) is 4.79 Å². The number of carboxylic acids is 1. The van der Waals surface area contributed by atoms with E-state index >= 15 is 0 Å². The van der Waals surface area contributed by atoms with Crippen LogP contribution in [0.5, 0.6) is 0 Å². The Labute approximate surface area is 129 Å². The molecule has 0 aliphatic carbocycles. The van der Waals surface area contributed by atoms with Crippen LogP contribution in [0.4, 0.5) is 0 Å². The van der Waals surface area contributed by atoms with Crippen LogP contribution < -0.4 is 22.1 Å². The van der Waals surface area contributed by atoms with Crippen LogP contribution in [-0.4, -0.2) is 47.5 Å². The zero-order valence-corrected chi connectivity index (χ0v) is 13.1. The number of nitrogens with zero attached hydrogens (tertiary/aromatic N) is 1. The van der Waals surface area contributed by atoms with E-state index < -0.39 is 24.0 Å². The van der Waals surface area contributed by atoms with Crippen molar-refractivity contribution in [3.05, 3.63) is 0 Å². The molecular weight excluding hydrogens is 290 g/mol. The van der Waals surface area contributed by atoms with Crippen molar-refractivity contribution in [3.63, 3.8) is 0 Å². The van der Waals surface area contributed by atoms with E-state index in [1.807, 2.05) is 0 Å². The highest BCUT2D eigenvalue weighted by atomic mass is 16.4. The van der Waals surface area contributed by atoms with E-state index in [-0.39, 0.29) is 17.8 Å². The third-order valence-electron chi connectivity index (χ3n) is 2.87. The lowest BCUT2D eigenvalue weighted by atomic mass is 10.0. The molecule has 22 heavy (non-hydrogen) atoms. The molecule has 0 heterocycles. The predicted octanol–water partition coefficient (Wildman–Crippen LogP) is -1.23. The lowest BCUT2D eigenvalue weighted by Gasteiger charge is -2.22. The Kier molecular flexibility index (Phi) is 8.58. The summed E-state index contributed by atoms with van der Waals surface area (Å²) in [4.78, 5) is 38.2. The van der Waals surface area contributed by atoms with Gasteiger partial charge in [-0.1, -0.05) is 13.8 Å². The Hall–Kier alpha value is -2.32. The molecule has 0 fully saturated rings. The topological polar surface area (TPSA) is 160 Å². The maximum absolute atomic E-state index is 12.2. The largest absolute Gasteiger partial charge is 0.480 e. The van der Waals surface area contributed by atoms with E-state index in [4.69, 9.17) is 16.6 Å². The van der Waals surface area contributed by atoms with Gasteiger partial charge >= 0.3 is 5.97 Å². The van der Waals surface area contributed by atoms with Crippen LogP contribution in [0.25, 0.3) is 0 Å². The smallest absolute Gasteiger partial charge is 0.326 e. The minimum atomic E-state index is -1.12. The first-order chi connectivity index (χ1) is 10.1. The van der Waals surface area contributed by atoms with E-state index in [0.29, 0.717) is 19.4 Å². The number of hydrogen-bond donors (Lipinski definition) is 5. The predicted molar refractivity (Wildman–Crippen MR) is 81.9 cm³/mol. The summed E-state index contributed by atoms with van der Waals surface area (Å²) in [5, 5.41) is 14.0. The Morgan fingerprint density at radius 3 is 2.18 bits per heavy atom. The van der Waals surface area contributed by atoms with Crippen LogP contribution >= 0.6 is 0 Å². The molecule has 0 saturated heterocycles. The van der Waals surface area contributed by atoms with Crippen molar-refractivity contribution in [1.29, 1.82) is 0 Å². The number of carbonyl (C=O) groups is 3. The van der Waals surface area contributed by atoms with Crippen molar-refractivity contribution in [2.45, 2.75) is 45.7 Å². The third kappa shape index (κ3) is 8.08. The van der Waals surface area contributed by atoms with Gasteiger partial charge in [0.05, 0.1) is 0 Å². The molecule has 0 unspecified atom stereocenters. The van der Waals surface area contributed by atoms with Gasteiger partial charge in [-0.3, -0.25) is 14.6 Å². The second-order valence-corrected chi connectivity index (χ2v) is 5.27. The van der Waals surface area contributed by atoms with Crippen molar-refractivity contribution in [2.24, 2.45) is 22.4 Å². The molecule has 0 rings (SSSR count). The van der Waals surface area contributed by atoms with Gasteiger partial charge < -0.3 is 27.2 Å². The summed E-state index contributed by atoms with van der Waals surface area (Å²) < 4.78 is 0. The van der Waals surface area contributed by atoms with Crippen LogP contribution in [0.3, 0.4) is 0 Å². The number of amides is 2. The maximum atomic E-state index is 12.2. The summed E-state index contributed by atoms with van der Waals surface area (Å²) in [5.41, 5.74) is 10.4. The van der Waals surface area contributed by atoms with Gasteiger partial charge in [0.1, 0.15) is 12.1 Å². The van der Waals surface area contributed by atoms with Crippen molar-refractivity contribution in [3.8, 4) is 0 Å². The molecule has 9 nitrogen and oxygen atoms in total. The van der Waals surface area contributed by atoms with Crippen molar-refractivity contribution in [2.75, 3.05) is 6.54 Å². The molecule has 2 amide bonds. The summed E-state index contributed by atoms with van der Waals surface area (Å²) in [6.07, 6.45) is 0.766. The SMILES string of the molecule is CC(=O)N[C@@H](CCCN=C(N)N)C(=O)N[C@H](C(=O)O)C(C)C. The zero-order chi connectivity index (χ0) is 17.3. The standard InChI is InChI=1S/C13H25N5O4/c1-7(2)10(12(21)22)18-11(20)9(17-8(3)19)5-4-6-16-13(14)15/h7,9-10H,4-6H2,1-3H3,(H,17,19)(H,18,20)(H,21,22)(H4,14,15,16)/t9-,10-/m0/s1. The maximum Gasteiger partial charge on any atom is 0.326 e. The molecular formula is C13H25N5O4. The summed E-state index contributed by atoms with van der Waals surface area (Å²) >= 11 is 0. The highest BCUT2D eigenvalue weighted by Gasteiger charge is 2.27. The number of carboxylic acid groups (broad SMARTS) is 1. The third-order valence-corrected chi connectivity index (χ3v) is 2.87. The van der Waals surface area contributed by atoms with E-state index in [9.17, 15) is 14.4 Å². The first-order valence-electron chi connectivity index (χ1n) is 7.00. The van der Waals surface area contributed by atoms with Gasteiger partial charge in [0.2, 0.25) is 11.8 Å². The first-order valence-corrected chi connectivity index (χ1v) is 7.00. The summed E-state index contributed by atoms with van der Waals surface area (Å²) in [6, 6.07) is -1.84. The highest BCUT2D eigenvalue weighted by Crippen LogP contribution is 2.05. The lowest BCUT2D eigenvalue weighted by Crippen LogP contribution is -2.52. The molecule has 0 aliphatic heterocycles. The average Bonchev–Trinajstić information content (AvgIpc) is 2.37. The Balaban J connectivity index is 4.72. The molecule has 7 N–H and O–H groups in total. The van der Waals surface area contributed by atoms with E-state index in [1.165, 1.54) is 6.92 Å². The van der Waals surface area contributed by atoms with Crippen molar-refractivity contribution >= 4 is 23.7 Å². The van der Waals surface area contributed by atoms with Gasteiger partial charge in [0.15, 0.2) is 5.96 Å². The van der Waals surface area contributed by atoms with Crippen LogP contribution in [0, 0.1) is 5.92 Å². The molecule has 0 aromatic heterocycles. The number of nitrogens with one attached hydrogen (secondary N) is 2. The molecule has 0 aromatic rings. The lowest BCUT2D eigenvalue weighted by molar-refractivity contribution is -0.143. The Morgan fingerprint density at radius 1 is 1.18 bits per heavy atom. The van der Waals surface area contributed by atoms with Gasteiger partial charge in [-0.05, 0) is 18.8 Å². The number of guanidine groups is 1. The molecule has 0 spiro atoms. The Bertz CT molecular complexity index is 432. The molecule has 0 bridgehead atoms. The number of nitrogens with two attached hydrogens (primary N) is 2. The Morgan fingerprint density at radius 2 is 1.77 bits per heavy atom. The van der Waals surface area contributed by atoms with Crippen molar-refractivity contribution < 1.29 is 19.5 Å². The number of carbonyl (C=O) groups excluding carboxylic acids is 2. The molecule has 0 aromatic carbocycles. The molecule has 0 aliphatic rings. The molecule has 9 heteroatoms. The second-order valence-electron chi connectivity index (χ2n) is 5.27. The average molecular weight is 315 g/mol. The van der Waals surface area contributed by atoms with Crippen LogP contribution in [-0.2, 0) is 14.4 Å². The summed E-state index contributed by atoms with van der Waals surface area (Å²) in [5.74, 6) is -2.36. The molecule has 0 saturated carbocycles. The van der Waals surface area contributed by atoms with Gasteiger partial charge in [-0.2, -0.15) is 0 Å². The van der Waals surface area contributed by atoms with Gasteiger partial charge in [0.25, 0.3) is 0 Å². The number of aliphatic carboxylic acids is 1. The van der Waals surface area contributed by atoms with Crippen molar-refractivity contribution in [1.82, 2.24) is 10.6 Å².